The van der Waals surface area contributed by atoms with Crippen LogP contribution in [0.2, 0.25) is 0 Å². The number of carbonyl (C=O) groups is 1. The summed E-state index contributed by atoms with van der Waals surface area (Å²) in [5.41, 5.74) is 0.988. The van der Waals surface area contributed by atoms with Crippen LogP contribution in [0.25, 0.3) is 10.9 Å². The molecule has 146 valence electrons. The van der Waals surface area contributed by atoms with Crippen molar-refractivity contribution in [3.63, 3.8) is 0 Å². The van der Waals surface area contributed by atoms with Crippen LogP contribution in [0.1, 0.15) is 5.82 Å². The minimum atomic E-state index is -0.214. The minimum Gasteiger partial charge on any atom is -0.497 e. The van der Waals surface area contributed by atoms with Gasteiger partial charge in [0.1, 0.15) is 17.3 Å². The maximum Gasteiger partial charge on any atom is 0.258 e. The lowest BCUT2D eigenvalue weighted by Crippen LogP contribution is -2.31. The zero-order chi connectivity index (χ0) is 20.1. The van der Waals surface area contributed by atoms with Crippen molar-refractivity contribution in [1.29, 1.82) is 0 Å². The third-order valence-corrected chi connectivity index (χ3v) is 4.18. The van der Waals surface area contributed by atoms with E-state index in [4.69, 9.17) is 9.47 Å². The molecule has 2 N–H and O–H groups in total. The fourth-order valence-corrected chi connectivity index (χ4v) is 2.86. The van der Waals surface area contributed by atoms with Crippen LogP contribution in [0.15, 0.2) is 47.3 Å². The fraction of sp³-hybridized carbons (Fsp3) is 0.250. The second kappa shape index (κ2) is 8.53. The number of carbonyl (C=O) groups excluding carboxylic acids is 1. The van der Waals surface area contributed by atoms with Gasteiger partial charge < -0.3 is 19.8 Å². The molecule has 0 saturated heterocycles. The number of benzene rings is 2. The molecule has 0 unspecified atom stereocenters. The van der Waals surface area contributed by atoms with Gasteiger partial charge in [0.25, 0.3) is 5.56 Å². The summed E-state index contributed by atoms with van der Waals surface area (Å²) in [6.45, 7) is 0.443. The molecular weight excluding hydrogens is 360 g/mol. The predicted molar refractivity (Wildman–Crippen MR) is 107 cm³/mol. The first-order valence-electron chi connectivity index (χ1n) is 8.68. The van der Waals surface area contributed by atoms with Crippen LogP contribution in [0.5, 0.6) is 11.5 Å². The van der Waals surface area contributed by atoms with Crippen LogP contribution in [0.4, 0.5) is 5.69 Å². The van der Waals surface area contributed by atoms with Crippen molar-refractivity contribution in [2.75, 3.05) is 33.1 Å². The number of fused-ring (bicyclic) bond motifs is 1. The lowest BCUT2D eigenvalue weighted by Gasteiger charge is -2.17. The highest BCUT2D eigenvalue weighted by Crippen LogP contribution is 2.28. The summed E-state index contributed by atoms with van der Waals surface area (Å²) >= 11 is 0. The highest BCUT2D eigenvalue weighted by molar-refractivity contribution is 5.93. The molecule has 0 fully saturated rings. The molecule has 0 aliphatic heterocycles. The molecule has 0 atom stereocenters. The van der Waals surface area contributed by atoms with Crippen LogP contribution in [0.3, 0.4) is 0 Å². The smallest absolute Gasteiger partial charge is 0.258 e. The van der Waals surface area contributed by atoms with E-state index in [0.29, 0.717) is 40.5 Å². The van der Waals surface area contributed by atoms with Crippen molar-refractivity contribution in [3.05, 3.63) is 58.6 Å². The molecule has 0 radical (unpaired) electrons. The van der Waals surface area contributed by atoms with Crippen LogP contribution in [-0.4, -0.2) is 48.6 Å². The van der Waals surface area contributed by atoms with Crippen molar-refractivity contribution < 1.29 is 14.3 Å². The van der Waals surface area contributed by atoms with Gasteiger partial charge in [-0.1, -0.05) is 12.1 Å². The Bertz CT molecular complexity index is 1050. The number of hydrogen-bond donors (Lipinski definition) is 2. The van der Waals surface area contributed by atoms with Crippen molar-refractivity contribution in [2.24, 2.45) is 0 Å². The molecule has 0 bridgehead atoms. The predicted octanol–water partition coefficient (Wildman–Crippen LogP) is 2.01. The molecule has 0 spiro atoms. The molecule has 28 heavy (non-hydrogen) atoms. The number of H-pyrrole nitrogens is 1. The summed E-state index contributed by atoms with van der Waals surface area (Å²) in [4.78, 5) is 33.5. The zero-order valence-electron chi connectivity index (χ0n) is 16.0. The molecule has 0 aliphatic carbocycles. The van der Waals surface area contributed by atoms with Crippen LogP contribution in [0, 0.1) is 0 Å². The van der Waals surface area contributed by atoms with E-state index in [1.165, 1.54) is 7.11 Å². The summed E-state index contributed by atoms with van der Waals surface area (Å²) in [7, 11) is 4.87. The number of likely N-dealkylation sites (N-methyl/N-ethyl adjacent to an activating group) is 1. The Morgan fingerprint density at radius 2 is 1.96 bits per heavy atom. The number of hydrogen-bond acceptors (Lipinski definition) is 6. The van der Waals surface area contributed by atoms with E-state index in [-0.39, 0.29) is 18.0 Å². The van der Waals surface area contributed by atoms with E-state index in [9.17, 15) is 9.59 Å². The van der Waals surface area contributed by atoms with Crippen molar-refractivity contribution in [1.82, 2.24) is 14.9 Å². The molecule has 0 saturated carbocycles. The minimum absolute atomic E-state index is 0.117. The molecule has 8 nitrogen and oxygen atoms in total. The van der Waals surface area contributed by atoms with Gasteiger partial charge in [-0.25, -0.2) is 4.98 Å². The summed E-state index contributed by atoms with van der Waals surface area (Å²) < 4.78 is 10.4. The third-order valence-electron chi connectivity index (χ3n) is 4.18. The van der Waals surface area contributed by atoms with Gasteiger partial charge in [0.15, 0.2) is 0 Å². The van der Waals surface area contributed by atoms with E-state index in [1.54, 1.807) is 55.5 Å². The van der Waals surface area contributed by atoms with Gasteiger partial charge in [-0.2, -0.15) is 0 Å². The standard InChI is InChI=1S/C20H22N4O4/c1-24(11-18-21-15-7-5-4-6-14(15)20(26)23-18)12-19(25)22-16-9-8-13(27-2)10-17(16)28-3/h4-10H,11-12H2,1-3H3,(H,22,25)(H,21,23,26). The Morgan fingerprint density at radius 1 is 1.18 bits per heavy atom. The number of anilines is 1. The van der Waals surface area contributed by atoms with Crippen molar-refractivity contribution in [3.8, 4) is 11.5 Å². The average Bonchev–Trinajstić information content (AvgIpc) is 2.68. The number of nitrogens with zero attached hydrogens (tertiary/aromatic N) is 2. The summed E-state index contributed by atoms with van der Waals surface area (Å²) in [5, 5.41) is 3.36. The summed E-state index contributed by atoms with van der Waals surface area (Å²) in [6.07, 6.45) is 0. The first-order chi connectivity index (χ1) is 13.5. The SMILES string of the molecule is COc1ccc(NC(=O)CN(C)Cc2nc3ccccc3c(=O)[nH]2)c(OC)c1. The van der Waals surface area contributed by atoms with E-state index in [0.717, 1.165) is 0 Å². The van der Waals surface area contributed by atoms with Crippen molar-refractivity contribution >= 4 is 22.5 Å². The van der Waals surface area contributed by atoms with Gasteiger partial charge in [0.05, 0.1) is 43.9 Å². The molecule has 8 heteroatoms. The lowest BCUT2D eigenvalue weighted by atomic mass is 10.2. The van der Waals surface area contributed by atoms with Gasteiger partial charge in [-0.15, -0.1) is 0 Å². The summed E-state index contributed by atoms with van der Waals surface area (Å²) in [6, 6.07) is 12.3. The Morgan fingerprint density at radius 3 is 2.71 bits per heavy atom. The van der Waals surface area contributed by atoms with Crippen molar-refractivity contribution in [2.45, 2.75) is 6.54 Å². The highest BCUT2D eigenvalue weighted by atomic mass is 16.5. The molecule has 3 aromatic rings. The van der Waals surface area contributed by atoms with Crippen LogP contribution >= 0.6 is 0 Å². The van der Waals surface area contributed by atoms with E-state index in [2.05, 4.69) is 15.3 Å². The second-order valence-electron chi connectivity index (χ2n) is 6.32. The van der Waals surface area contributed by atoms with Crippen LogP contribution in [-0.2, 0) is 11.3 Å². The largest absolute Gasteiger partial charge is 0.497 e. The molecule has 3 rings (SSSR count). The number of rotatable bonds is 7. The maximum absolute atomic E-state index is 12.4. The van der Waals surface area contributed by atoms with Gasteiger partial charge in [-0.3, -0.25) is 14.5 Å². The molecule has 1 amide bonds. The fourth-order valence-electron chi connectivity index (χ4n) is 2.86. The monoisotopic (exact) mass is 382 g/mol. The molecule has 1 heterocycles. The van der Waals surface area contributed by atoms with E-state index >= 15 is 0 Å². The van der Waals surface area contributed by atoms with Gasteiger partial charge >= 0.3 is 0 Å². The quantitative estimate of drug-likeness (QED) is 0.649. The van der Waals surface area contributed by atoms with E-state index < -0.39 is 0 Å². The number of ether oxygens (including phenoxy) is 2. The number of aromatic amines is 1. The Labute approximate surface area is 162 Å². The molecular formula is C20H22N4O4. The van der Waals surface area contributed by atoms with Gasteiger partial charge in [0.2, 0.25) is 5.91 Å². The first-order valence-corrected chi connectivity index (χ1v) is 8.68. The number of methoxy groups -OCH3 is 2. The first kappa shape index (κ1) is 19.4. The van der Waals surface area contributed by atoms with E-state index in [1.807, 2.05) is 6.07 Å². The third kappa shape index (κ3) is 4.47. The van der Waals surface area contributed by atoms with Gasteiger partial charge in [-0.05, 0) is 31.3 Å². The maximum atomic E-state index is 12.4. The number of para-hydroxylation sites is 1. The number of nitrogens with one attached hydrogen (secondary N) is 2. The second-order valence-corrected chi connectivity index (χ2v) is 6.32. The normalized spacial score (nSPS) is 10.9. The average molecular weight is 382 g/mol. The highest BCUT2D eigenvalue weighted by Gasteiger charge is 2.13. The summed E-state index contributed by atoms with van der Waals surface area (Å²) in [5.74, 6) is 1.43. The Kier molecular flexibility index (Phi) is 5.90. The Balaban J connectivity index is 1.66. The van der Waals surface area contributed by atoms with Crippen LogP contribution < -0.4 is 20.3 Å². The number of aromatic nitrogens is 2. The number of amides is 1. The lowest BCUT2D eigenvalue weighted by molar-refractivity contribution is -0.117. The molecule has 1 aromatic heterocycles. The Hall–Kier alpha value is -3.39. The molecule has 0 aliphatic rings. The zero-order valence-corrected chi connectivity index (χ0v) is 16.0. The molecule has 2 aromatic carbocycles. The topological polar surface area (TPSA) is 96.5 Å². The van der Waals surface area contributed by atoms with Gasteiger partial charge in [0, 0.05) is 6.07 Å².